The van der Waals surface area contributed by atoms with Crippen molar-refractivity contribution in [2.24, 2.45) is 5.92 Å². The molecule has 2 unspecified atom stereocenters. The Labute approximate surface area is 116 Å². The predicted molar refractivity (Wildman–Crippen MR) is 75.2 cm³/mol. The molecular formula is C14H18BrNO2. The minimum atomic E-state index is -0.0651. The molecular weight excluding hydrogens is 294 g/mol. The molecule has 0 aliphatic heterocycles. The molecule has 1 aliphatic rings. The molecule has 0 radical (unpaired) electrons. The molecule has 98 valence electrons. The number of alkyl halides is 1. The van der Waals surface area contributed by atoms with Gasteiger partial charge in [-0.2, -0.15) is 0 Å². The lowest BCUT2D eigenvalue weighted by molar-refractivity contribution is 0.0947. The third-order valence-corrected chi connectivity index (χ3v) is 4.76. The van der Waals surface area contributed by atoms with Crippen molar-refractivity contribution < 1.29 is 9.90 Å². The maximum Gasteiger partial charge on any atom is 0.251 e. The monoisotopic (exact) mass is 311 g/mol. The zero-order chi connectivity index (χ0) is 13.1. The highest BCUT2D eigenvalue weighted by Gasteiger charge is 2.25. The summed E-state index contributed by atoms with van der Waals surface area (Å²) in [5.41, 5.74) is 1.33. The lowest BCUT2D eigenvalue weighted by Gasteiger charge is -2.15. The summed E-state index contributed by atoms with van der Waals surface area (Å²) in [6.45, 7) is 2.51. The quantitative estimate of drug-likeness (QED) is 0.843. The zero-order valence-electron chi connectivity index (χ0n) is 10.4. The van der Waals surface area contributed by atoms with E-state index >= 15 is 0 Å². The van der Waals surface area contributed by atoms with E-state index in [0.29, 0.717) is 22.9 Å². The summed E-state index contributed by atoms with van der Waals surface area (Å²) < 4.78 is 0. The SMILES string of the molecule is Cc1cc(C(=O)NCC2CCCC2Br)ccc1O. The topological polar surface area (TPSA) is 49.3 Å². The van der Waals surface area contributed by atoms with Crippen molar-refractivity contribution in [3.63, 3.8) is 0 Å². The van der Waals surface area contributed by atoms with Crippen LogP contribution in [0, 0.1) is 12.8 Å². The molecule has 1 saturated carbocycles. The number of hydrogen-bond donors (Lipinski definition) is 2. The standard InChI is InChI=1S/C14H18BrNO2/c1-9-7-10(5-6-13(9)17)14(18)16-8-11-3-2-4-12(11)15/h5-7,11-12,17H,2-4,8H2,1H3,(H,16,18). The summed E-state index contributed by atoms with van der Waals surface area (Å²) in [5.74, 6) is 0.694. The molecule has 0 spiro atoms. The first-order valence-electron chi connectivity index (χ1n) is 6.30. The minimum Gasteiger partial charge on any atom is -0.508 e. The van der Waals surface area contributed by atoms with Gasteiger partial charge in [-0.15, -0.1) is 0 Å². The highest BCUT2D eigenvalue weighted by atomic mass is 79.9. The molecule has 18 heavy (non-hydrogen) atoms. The Bertz CT molecular complexity index is 447. The van der Waals surface area contributed by atoms with Crippen molar-refractivity contribution in [2.75, 3.05) is 6.54 Å². The summed E-state index contributed by atoms with van der Waals surface area (Å²) in [6, 6.07) is 4.93. The molecule has 4 heteroatoms. The molecule has 1 aliphatic carbocycles. The van der Waals surface area contributed by atoms with Gasteiger partial charge in [-0.05, 0) is 49.4 Å². The maximum absolute atomic E-state index is 12.0. The van der Waals surface area contributed by atoms with E-state index in [2.05, 4.69) is 21.2 Å². The number of benzene rings is 1. The molecule has 0 aromatic heterocycles. The van der Waals surface area contributed by atoms with Crippen LogP contribution in [-0.4, -0.2) is 22.4 Å². The van der Waals surface area contributed by atoms with Gasteiger partial charge >= 0.3 is 0 Å². The van der Waals surface area contributed by atoms with Gasteiger partial charge in [0.1, 0.15) is 5.75 Å². The Hall–Kier alpha value is -1.03. The number of carbonyl (C=O) groups excluding carboxylic acids is 1. The molecule has 0 heterocycles. The Morgan fingerprint density at radius 3 is 2.89 bits per heavy atom. The third-order valence-electron chi connectivity index (χ3n) is 3.55. The van der Waals surface area contributed by atoms with Crippen LogP contribution in [0.3, 0.4) is 0 Å². The number of halogens is 1. The van der Waals surface area contributed by atoms with Crippen LogP contribution in [0.5, 0.6) is 5.75 Å². The van der Waals surface area contributed by atoms with Crippen molar-refractivity contribution in [1.82, 2.24) is 5.32 Å². The highest BCUT2D eigenvalue weighted by Crippen LogP contribution is 2.30. The molecule has 1 fully saturated rings. The van der Waals surface area contributed by atoms with E-state index in [1.807, 2.05) is 0 Å². The van der Waals surface area contributed by atoms with Gasteiger partial charge in [0.2, 0.25) is 0 Å². The summed E-state index contributed by atoms with van der Waals surface area (Å²) >= 11 is 3.65. The first kappa shape index (κ1) is 13.4. The van der Waals surface area contributed by atoms with Crippen molar-refractivity contribution in [3.8, 4) is 5.75 Å². The van der Waals surface area contributed by atoms with Gasteiger partial charge in [0.05, 0.1) is 0 Å². The van der Waals surface area contributed by atoms with Crippen LogP contribution in [0.25, 0.3) is 0 Å². The van der Waals surface area contributed by atoms with Crippen molar-refractivity contribution >= 4 is 21.8 Å². The molecule has 1 aromatic rings. The number of rotatable bonds is 3. The second-order valence-electron chi connectivity index (χ2n) is 4.92. The fourth-order valence-electron chi connectivity index (χ4n) is 2.34. The van der Waals surface area contributed by atoms with Crippen LogP contribution in [0.4, 0.5) is 0 Å². The maximum atomic E-state index is 12.0. The molecule has 2 N–H and O–H groups in total. The van der Waals surface area contributed by atoms with E-state index < -0.39 is 0 Å². The Balaban J connectivity index is 1.93. The van der Waals surface area contributed by atoms with Crippen molar-refractivity contribution in [2.45, 2.75) is 31.0 Å². The third kappa shape index (κ3) is 3.05. The Morgan fingerprint density at radius 1 is 1.50 bits per heavy atom. The average Bonchev–Trinajstić information content (AvgIpc) is 2.75. The van der Waals surface area contributed by atoms with Crippen LogP contribution < -0.4 is 5.32 Å². The number of phenols is 1. The lowest BCUT2D eigenvalue weighted by atomic mass is 10.1. The number of carbonyl (C=O) groups is 1. The fraction of sp³-hybridized carbons (Fsp3) is 0.500. The summed E-state index contributed by atoms with van der Waals surface area (Å²) in [6.07, 6.45) is 3.60. The number of hydrogen-bond acceptors (Lipinski definition) is 2. The second-order valence-corrected chi connectivity index (χ2v) is 6.09. The van der Waals surface area contributed by atoms with E-state index in [4.69, 9.17) is 0 Å². The highest BCUT2D eigenvalue weighted by molar-refractivity contribution is 9.09. The van der Waals surface area contributed by atoms with Gasteiger partial charge in [0.15, 0.2) is 0 Å². The van der Waals surface area contributed by atoms with E-state index in [-0.39, 0.29) is 11.7 Å². The number of amides is 1. The van der Waals surface area contributed by atoms with Gasteiger partial charge in [0.25, 0.3) is 5.91 Å². The predicted octanol–water partition coefficient (Wildman–Crippen LogP) is 2.99. The van der Waals surface area contributed by atoms with E-state index in [1.54, 1.807) is 25.1 Å². The summed E-state index contributed by atoms with van der Waals surface area (Å²) in [5, 5.41) is 12.4. The van der Waals surface area contributed by atoms with E-state index in [0.717, 1.165) is 5.56 Å². The summed E-state index contributed by atoms with van der Waals surface area (Å²) in [4.78, 5) is 12.5. The van der Waals surface area contributed by atoms with Crippen LogP contribution in [0.2, 0.25) is 0 Å². The number of aryl methyl sites for hydroxylation is 1. The Morgan fingerprint density at radius 2 is 2.28 bits per heavy atom. The number of aromatic hydroxyl groups is 1. The largest absolute Gasteiger partial charge is 0.508 e. The number of phenolic OH excluding ortho intramolecular Hbond substituents is 1. The molecule has 2 rings (SSSR count). The van der Waals surface area contributed by atoms with E-state index in [9.17, 15) is 9.90 Å². The fourth-order valence-corrected chi connectivity index (χ4v) is 3.12. The second kappa shape index (κ2) is 5.74. The van der Waals surface area contributed by atoms with Crippen LogP contribution in [-0.2, 0) is 0 Å². The van der Waals surface area contributed by atoms with Crippen LogP contribution in [0.15, 0.2) is 18.2 Å². The van der Waals surface area contributed by atoms with E-state index in [1.165, 1.54) is 19.3 Å². The van der Waals surface area contributed by atoms with Gasteiger partial charge < -0.3 is 10.4 Å². The summed E-state index contributed by atoms with van der Waals surface area (Å²) in [7, 11) is 0. The van der Waals surface area contributed by atoms with Crippen molar-refractivity contribution in [1.29, 1.82) is 0 Å². The number of nitrogens with one attached hydrogen (secondary N) is 1. The van der Waals surface area contributed by atoms with Crippen molar-refractivity contribution in [3.05, 3.63) is 29.3 Å². The van der Waals surface area contributed by atoms with Gasteiger partial charge in [-0.25, -0.2) is 0 Å². The van der Waals surface area contributed by atoms with Gasteiger partial charge in [-0.3, -0.25) is 4.79 Å². The molecule has 1 amide bonds. The lowest BCUT2D eigenvalue weighted by Crippen LogP contribution is -2.30. The molecule has 3 nitrogen and oxygen atoms in total. The zero-order valence-corrected chi connectivity index (χ0v) is 12.0. The van der Waals surface area contributed by atoms with Crippen LogP contribution in [0.1, 0.15) is 35.2 Å². The Kier molecular flexibility index (Phi) is 4.27. The molecule has 1 aromatic carbocycles. The first-order valence-corrected chi connectivity index (χ1v) is 7.21. The smallest absolute Gasteiger partial charge is 0.251 e. The molecule has 2 atom stereocenters. The molecule has 0 bridgehead atoms. The normalized spacial score (nSPS) is 23.0. The van der Waals surface area contributed by atoms with Gasteiger partial charge in [0, 0.05) is 16.9 Å². The minimum absolute atomic E-state index is 0.0651. The first-order chi connectivity index (χ1) is 8.58. The van der Waals surface area contributed by atoms with Gasteiger partial charge in [-0.1, -0.05) is 22.4 Å². The van der Waals surface area contributed by atoms with Crippen LogP contribution >= 0.6 is 15.9 Å². The molecule has 0 saturated heterocycles. The average molecular weight is 312 g/mol.